The lowest BCUT2D eigenvalue weighted by Gasteiger charge is -2.15. The van der Waals surface area contributed by atoms with E-state index in [-0.39, 0.29) is 6.61 Å². The van der Waals surface area contributed by atoms with Crippen LogP contribution in [0.25, 0.3) is 0 Å². The topological polar surface area (TPSA) is 50.1 Å². The van der Waals surface area contributed by atoms with Gasteiger partial charge in [0.05, 0.1) is 5.69 Å². The largest absolute Gasteiger partial charge is 0.396 e. The zero-order valence-electron chi connectivity index (χ0n) is 11.9. The van der Waals surface area contributed by atoms with Gasteiger partial charge in [-0.05, 0) is 45.2 Å². The number of nitrogens with one attached hydrogen (secondary N) is 1. The Balaban J connectivity index is 2.30. The van der Waals surface area contributed by atoms with Crippen molar-refractivity contribution in [2.45, 2.75) is 52.6 Å². The van der Waals surface area contributed by atoms with Gasteiger partial charge in [0.25, 0.3) is 0 Å². The summed E-state index contributed by atoms with van der Waals surface area (Å²) in [4.78, 5) is 0. The van der Waals surface area contributed by atoms with Crippen molar-refractivity contribution in [3.8, 4) is 0 Å². The van der Waals surface area contributed by atoms with Gasteiger partial charge in [0, 0.05) is 25.4 Å². The van der Waals surface area contributed by atoms with Crippen LogP contribution in [0.5, 0.6) is 0 Å². The average Bonchev–Trinajstić information content (AvgIpc) is 2.78. The molecular formula is C14H27N3O. The molecule has 0 aliphatic rings. The highest BCUT2D eigenvalue weighted by atomic mass is 16.3. The summed E-state index contributed by atoms with van der Waals surface area (Å²) in [7, 11) is 0. The Kier molecular flexibility index (Phi) is 6.98. The van der Waals surface area contributed by atoms with E-state index in [9.17, 15) is 0 Å². The Hall–Kier alpha value is -0.870. The van der Waals surface area contributed by atoms with E-state index in [0.717, 1.165) is 25.2 Å². The molecule has 0 spiro atoms. The molecule has 0 aromatic carbocycles. The van der Waals surface area contributed by atoms with Gasteiger partial charge in [-0.1, -0.05) is 13.3 Å². The molecule has 0 amide bonds. The van der Waals surface area contributed by atoms with Crippen molar-refractivity contribution in [2.75, 3.05) is 13.2 Å². The summed E-state index contributed by atoms with van der Waals surface area (Å²) in [5.74, 6) is 0.576. The first kappa shape index (κ1) is 15.2. The molecule has 0 aliphatic heterocycles. The summed E-state index contributed by atoms with van der Waals surface area (Å²) in [6.45, 7) is 8.50. The third-order valence-corrected chi connectivity index (χ3v) is 3.17. The Bertz CT molecular complexity index is 317. The molecule has 0 aliphatic carbocycles. The van der Waals surface area contributed by atoms with Crippen LogP contribution in [0.2, 0.25) is 0 Å². The van der Waals surface area contributed by atoms with E-state index >= 15 is 0 Å². The molecule has 4 nitrogen and oxygen atoms in total. The second-order valence-corrected chi connectivity index (χ2v) is 5.18. The van der Waals surface area contributed by atoms with Crippen molar-refractivity contribution in [1.29, 1.82) is 0 Å². The van der Waals surface area contributed by atoms with Crippen LogP contribution in [-0.2, 0) is 6.54 Å². The molecule has 1 unspecified atom stereocenters. The van der Waals surface area contributed by atoms with Gasteiger partial charge in [-0.15, -0.1) is 0 Å². The zero-order valence-corrected chi connectivity index (χ0v) is 11.9. The zero-order chi connectivity index (χ0) is 13.4. The first-order valence-corrected chi connectivity index (χ1v) is 7.03. The van der Waals surface area contributed by atoms with Gasteiger partial charge in [0.2, 0.25) is 0 Å². The van der Waals surface area contributed by atoms with Crippen LogP contribution >= 0.6 is 0 Å². The first-order chi connectivity index (χ1) is 8.67. The number of hydrogen-bond donors (Lipinski definition) is 2. The van der Waals surface area contributed by atoms with Crippen LogP contribution in [0.15, 0.2) is 12.3 Å². The van der Waals surface area contributed by atoms with Crippen molar-refractivity contribution in [1.82, 2.24) is 15.1 Å². The highest BCUT2D eigenvalue weighted by molar-refractivity contribution is 4.99. The number of hydrogen-bond acceptors (Lipinski definition) is 3. The highest BCUT2D eigenvalue weighted by Gasteiger charge is 2.07. The van der Waals surface area contributed by atoms with Gasteiger partial charge < -0.3 is 10.4 Å². The van der Waals surface area contributed by atoms with E-state index < -0.39 is 0 Å². The summed E-state index contributed by atoms with van der Waals surface area (Å²) in [5, 5.41) is 16.9. The van der Waals surface area contributed by atoms with Gasteiger partial charge in [0.1, 0.15) is 0 Å². The Morgan fingerprint density at radius 3 is 2.72 bits per heavy atom. The summed E-state index contributed by atoms with van der Waals surface area (Å²) < 4.78 is 1.98. The molecule has 0 radical (unpaired) electrons. The standard InChI is InChI=1S/C14H27N3O/c1-4-5-13(7-9-18)10-15-11-14-6-8-17(16-14)12(2)3/h6,8,12-13,15,18H,4-5,7,9-11H2,1-3H3. The molecule has 1 atom stereocenters. The molecule has 2 N–H and O–H groups in total. The average molecular weight is 253 g/mol. The minimum absolute atomic E-state index is 0.286. The van der Waals surface area contributed by atoms with Crippen molar-refractivity contribution >= 4 is 0 Å². The van der Waals surface area contributed by atoms with Gasteiger partial charge in [-0.3, -0.25) is 4.68 Å². The van der Waals surface area contributed by atoms with Gasteiger partial charge in [0.15, 0.2) is 0 Å². The fraction of sp³-hybridized carbons (Fsp3) is 0.786. The minimum atomic E-state index is 0.286. The van der Waals surface area contributed by atoms with E-state index in [1.165, 1.54) is 12.8 Å². The summed E-state index contributed by atoms with van der Waals surface area (Å²) in [5.41, 5.74) is 1.09. The summed E-state index contributed by atoms with van der Waals surface area (Å²) in [6.07, 6.45) is 5.27. The molecule has 0 bridgehead atoms. The SMILES string of the molecule is CCCC(CCO)CNCc1ccn(C(C)C)n1. The monoisotopic (exact) mass is 253 g/mol. The van der Waals surface area contributed by atoms with Gasteiger partial charge in [-0.25, -0.2) is 0 Å². The molecule has 104 valence electrons. The van der Waals surface area contributed by atoms with Crippen molar-refractivity contribution in [3.63, 3.8) is 0 Å². The van der Waals surface area contributed by atoms with Crippen LogP contribution in [0.3, 0.4) is 0 Å². The quantitative estimate of drug-likeness (QED) is 0.710. The first-order valence-electron chi connectivity index (χ1n) is 7.03. The lowest BCUT2D eigenvalue weighted by atomic mass is 10.0. The van der Waals surface area contributed by atoms with Crippen LogP contribution < -0.4 is 5.32 Å². The molecule has 1 rings (SSSR count). The second kappa shape index (κ2) is 8.27. The summed E-state index contributed by atoms with van der Waals surface area (Å²) >= 11 is 0. The smallest absolute Gasteiger partial charge is 0.0762 e. The number of aliphatic hydroxyl groups excluding tert-OH is 1. The maximum Gasteiger partial charge on any atom is 0.0762 e. The third kappa shape index (κ3) is 5.19. The van der Waals surface area contributed by atoms with Crippen molar-refractivity contribution in [3.05, 3.63) is 18.0 Å². The Labute approximate surface area is 110 Å². The number of nitrogens with zero attached hydrogens (tertiary/aromatic N) is 2. The molecule has 18 heavy (non-hydrogen) atoms. The number of aromatic nitrogens is 2. The minimum Gasteiger partial charge on any atom is -0.396 e. The van der Waals surface area contributed by atoms with Gasteiger partial charge >= 0.3 is 0 Å². The third-order valence-electron chi connectivity index (χ3n) is 3.17. The maximum atomic E-state index is 9.00. The van der Waals surface area contributed by atoms with Crippen LogP contribution in [0.4, 0.5) is 0 Å². The van der Waals surface area contributed by atoms with E-state index in [1.807, 2.05) is 10.9 Å². The molecule has 0 saturated carbocycles. The van der Waals surface area contributed by atoms with Crippen LogP contribution in [0, 0.1) is 5.92 Å². The fourth-order valence-electron chi connectivity index (χ4n) is 2.10. The predicted molar refractivity (Wildman–Crippen MR) is 74.4 cm³/mol. The van der Waals surface area contributed by atoms with Crippen LogP contribution in [-0.4, -0.2) is 28.0 Å². The van der Waals surface area contributed by atoms with E-state index in [0.29, 0.717) is 12.0 Å². The van der Waals surface area contributed by atoms with Crippen molar-refractivity contribution in [2.24, 2.45) is 5.92 Å². The molecule has 0 saturated heterocycles. The molecule has 0 fully saturated rings. The normalized spacial score (nSPS) is 13.2. The molecule has 1 aromatic rings. The summed E-state index contributed by atoms with van der Waals surface area (Å²) in [6, 6.07) is 2.48. The Morgan fingerprint density at radius 2 is 2.17 bits per heavy atom. The number of rotatable bonds is 9. The molecule has 1 heterocycles. The van der Waals surface area contributed by atoms with E-state index in [2.05, 4.69) is 37.3 Å². The number of aliphatic hydroxyl groups is 1. The van der Waals surface area contributed by atoms with E-state index in [1.54, 1.807) is 0 Å². The molecule has 1 aromatic heterocycles. The molecule has 4 heteroatoms. The molecular weight excluding hydrogens is 226 g/mol. The lowest BCUT2D eigenvalue weighted by Crippen LogP contribution is -2.23. The maximum absolute atomic E-state index is 9.00. The van der Waals surface area contributed by atoms with E-state index in [4.69, 9.17) is 5.11 Å². The van der Waals surface area contributed by atoms with Crippen LogP contribution in [0.1, 0.15) is 51.8 Å². The van der Waals surface area contributed by atoms with Gasteiger partial charge in [-0.2, -0.15) is 5.10 Å². The predicted octanol–water partition coefficient (Wildman–Crippen LogP) is 2.35. The van der Waals surface area contributed by atoms with Crippen molar-refractivity contribution < 1.29 is 5.11 Å². The Morgan fingerprint density at radius 1 is 1.39 bits per heavy atom. The fourth-order valence-corrected chi connectivity index (χ4v) is 2.10. The second-order valence-electron chi connectivity index (χ2n) is 5.18. The lowest BCUT2D eigenvalue weighted by molar-refractivity contribution is 0.248. The highest BCUT2D eigenvalue weighted by Crippen LogP contribution is 2.10.